The van der Waals surface area contributed by atoms with Gasteiger partial charge in [0.1, 0.15) is 0 Å². The molecule has 0 saturated carbocycles. The smallest absolute Gasteiger partial charge is 0.303 e. The molecule has 0 aromatic carbocycles. The minimum Gasteiger partial charge on any atom is -0.303 e. The van der Waals surface area contributed by atoms with Crippen LogP contribution in [0.5, 0.6) is 0 Å². The molecule has 0 unspecified atom stereocenters. The molecular weight excluding hydrogens is 204 g/mol. The summed E-state index contributed by atoms with van der Waals surface area (Å²) in [4.78, 5) is 13.9. The van der Waals surface area contributed by atoms with E-state index in [2.05, 4.69) is 47.6 Å². The summed E-state index contributed by atoms with van der Waals surface area (Å²) in [5.41, 5.74) is 0. The normalized spacial score (nSPS) is 12.8. The average Bonchev–Trinajstić information content (AvgIpc) is 2.19. The Labute approximate surface area is 95.9 Å². The maximum atomic E-state index is 3.59. The van der Waals surface area contributed by atoms with Crippen molar-refractivity contribution in [2.75, 3.05) is 27.2 Å². The highest BCUT2D eigenvalue weighted by atomic mass is 28.4. The molecule has 0 aliphatic carbocycles. The molecule has 5 heteroatoms. The first-order valence-electron chi connectivity index (χ1n) is 5.83. The predicted molar refractivity (Wildman–Crippen MR) is 69.6 cm³/mol. The van der Waals surface area contributed by atoms with Crippen LogP contribution in [0.25, 0.3) is 0 Å². The van der Waals surface area contributed by atoms with Gasteiger partial charge in [0.05, 0.1) is 0 Å². The lowest BCUT2D eigenvalue weighted by Gasteiger charge is -2.32. The predicted octanol–water partition coefficient (Wildman–Crippen LogP) is 0.352. The third-order valence-corrected chi connectivity index (χ3v) is 5.27. The second-order valence-electron chi connectivity index (χ2n) is 4.80. The quantitative estimate of drug-likeness (QED) is 0.456. The van der Waals surface area contributed by atoms with Crippen molar-refractivity contribution in [1.82, 2.24) is 19.9 Å². The van der Waals surface area contributed by atoms with Crippen LogP contribution in [0.4, 0.5) is 0 Å². The summed E-state index contributed by atoms with van der Waals surface area (Å²) in [5, 5.41) is 0. The van der Waals surface area contributed by atoms with Crippen molar-refractivity contribution in [2.24, 2.45) is 11.8 Å². The van der Waals surface area contributed by atoms with E-state index in [4.69, 9.17) is 0 Å². The van der Waals surface area contributed by atoms with Gasteiger partial charge in [-0.15, -0.1) is 0 Å². The Morgan fingerprint density at radius 1 is 0.800 bits per heavy atom. The van der Waals surface area contributed by atoms with Crippen molar-refractivity contribution in [1.29, 1.82) is 0 Å². The fourth-order valence-electron chi connectivity index (χ4n) is 1.26. The molecule has 0 aromatic rings. The van der Waals surface area contributed by atoms with Gasteiger partial charge in [-0.25, -0.2) is 0 Å². The largest absolute Gasteiger partial charge is 0.365 e. The van der Waals surface area contributed by atoms with E-state index >= 15 is 0 Å². The van der Waals surface area contributed by atoms with E-state index in [1.165, 1.54) is 0 Å². The zero-order valence-electron chi connectivity index (χ0n) is 11.1. The van der Waals surface area contributed by atoms with E-state index < -0.39 is 8.72 Å². The van der Waals surface area contributed by atoms with Crippen molar-refractivity contribution in [3.63, 3.8) is 0 Å². The van der Waals surface area contributed by atoms with Crippen molar-refractivity contribution < 1.29 is 0 Å². The number of nitrogens with one attached hydrogen (secondary N) is 4. The molecule has 15 heavy (non-hydrogen) atoms. The molecule has 0 amide bonds. The fraction of sp³-hybridized carbons (Fsp3) is 1.00. The Morgan fingerprint density at radius 2 is 1.13 bits per heavy atom. The molecule has 0 radical (unpaired) electrons. The molecule has 0 bridgehead atoms. The van der Waals surface area contributed by atoms with Gasteiger partial charge in [0.2, 0.25) is 0 Å². The molecular formula is C10H28N4Si. The van der Waals surface area contributed by atoms with Gasteiger partial charge < -0.3 is 19.9 Å². The number of hydrogen-bond donors (Lipinski definition) is 4. The van der Waals surface area contributed by atoms with Crippen LogP contribution in [-0.2, 0) is 0 Å². The number of rotatable bonds is 8. The lowest BCUT2D eigenvalue weighted by Crippen LogP contribution is -2.79. The summed E-state index contributed by atoms with van der Waals surface area (Å²) in [6.07, 6.45) is 0. The second-order valence-corrected chi connectivity index (χ2v) is 8.01. The topological polar surface area (TPSA) is 48.1 Å². The number of hydrogen-bond acceptors (Lipinski definition) is 4. The zero-order chi connectivity index (χ0) is 11.9. The monoisotopic (exact) mass is 232 g/mol. The molecule has 0 rings (SSSR count). The standard InChI is InChI=1S/C10H28N4Si/c1-9(2)7-13-15(11-5,12-6)14-8-10(3)4/h9-14H,7-8H2,1-6H3. The van der Waals surface area contributed by atoms with Crippen molar-refractivity contribution in [3.8, 4) is 0 Å². The Hall–Kier alpha value is 0.0569. The summed E-state index contributed by atoms with van der Waals surface area (Å²) >= 11 is 0. The third kappa shape index (κ3) is 6.27. The molecule has 4 N–H and O–H groups in total. The van der Waals surface area contributed by atoms with Crippen molar-refractivity contribution in [2.45, 2.75) is 27.7 Å². The zero-order valence-corrected chi connectivity index (χ0v) is 12.1. The minimum absolute atomic E-state index is 0.666. The van der Waals surface area contributed by atoms with Gasteiger partial charge >= 0.3 is 8.72 Å². The van der Waals surface area contributed by atoms with Gasteiger partial charge in [0.15, 0.2) is 0 Å². The van der Waals surface area contributed by atoms with Crippen LogP contribution >= 0.6 is 0 Å². The van der Waals surface area contributed by atoms with Gasteiger partial charge in [0.25, 0.3) is 0 Å². The van der Waals surface area contributed by atoms with Gasteiger partial charge in [-0.1, -0.05) is 27.7 Å². The lowest BCUT2D eigenvalue weighted by atomic mass is 10.2. The molecule has 0 heterocycles. The van der Waals surface area contributed by atoms with Gasteiger partial charge in [-0.2, -0.15) is 0 Å². The van der Waals surface area contributed by atoms with Gasteiger partial charge in [-0.3, -0.25) is 0 Å². The molecule has 0 atom stereocenters. The second kappa shape index (κ2) is 7.35. The van der Waals surface area contributed by atoms with E-state index in [0.717, 1.165) is 13.1 Å². The summed E-state index contributed by atoms with van der Waals surface area (Å²) < 4.78 is 0. The van der Waals surface area contributed by atoms with Crippen LogP contribution in [0, 0.1) is 11.8 Å². The highest BCUT2D eigenvalue weighted by Crippen LogP contribution is 1.93. The Balaban J connectivity index is 4.17. The van der Waals surface area contributed by atoms with Crippen molar-refractivity contribution >= 4 is 8.72 Å². The summed E-state index contributed by atoms with van der Waals surface area (Å²) in [5.74, 6) is 1.33. The molecule has 0 aromatic heterocycles. The van der Waals surface area contributed by atoms with E-state index in [9.17, 15) is 0 Å². The molecule has 0 saturated heterocycles. The Kier molecular flexibility index (Phi) is 7.38. The molecule has 0 spiro atoms. The summed E-state index contributed by atoms with van der Waals surface area (Å²) in [7, 11) is 2.14. The van der Waals surface area contributed by atoms with Crippen LogP contribution in [0.1, 0.15) is 27.7 Å². The van der Waals surface area contributed by atoms with Crippen LogP contribution < -0.4 is 19.9 Å². The first-order chi connectivity index (χ1) is 6.95. The van der Waals surface area contributed by atoms with Crippen LogP contribution in [0.2, 0.25) is 0 Å². The fourth-order valence-corrected chi connectivity index (χ4v) is 3.77. The molecule has 0 aliphatic rings. The van der Waals surface area contributed by atoms with Crippen molar-refractivity contribution in [3.05, 3.63) is 0 Å². The van der Waals surface area contributed by atoms with Crippen LogP contribution in [0.3, 0.4) is 0 Å². The van der Waals surface area contributed by atoms with Crippen LogP contribution in [-0.4, -0.2) is 35.9 Å². The lowest BCUT2D eigenvalue weighted by molar-refractivity contribution is 0.570. The van der Waals surface area contributed by atoms with E-state index in [1.807, 2.05) is 14.1 Å². The van der Waals surface area contributed by atoms with E-state index in [1.54, 1.807) is 0 Å². The third-order valence-electron chi connectivity index (χ3n) is 2.30. The minimum atomic E-state index is -1.87. The SMILES string of the molecule is CN[Si](NC)(NCC(C)C)NCC(C)C. The first kappa shape index (κ1) is 15.1. The van der Waals surface area contributed by atoms with E-state index in [-0.39, 0.29) is 0 Å². The van der Waals surface area contributed by atoms with Crippen LogP contribution in [0.15, 0.2) is 0 Å². The Bertz CT molecular complexity index is 144. The first-order valence-corrected chi connectivity index (χ1v) is 7.83. The highest BCUT2D eigenvalue weighted by Gasteiger charge is 2.30. The molecule has 4 nitrogen and oxygen atoms in total. The molecule has 0 aliphatic heterocycles. The Morgan fingerprint density at radius 3 is 1.33 bits per heavy atom. The summed E-state index contributed by atoms with van der Waals surface area (Å²) in [6, 6.07) is 0. The van der Waals surface area contributed by atoms with Gasteiger partial charge in [0, 0.05) is 0 Å². The maximum absolute atomic E-state index is 3.59. The highest BCUT2D eigenvalue weighted by molar-refractivity contribution is 6.69. The van der Waals surface area contributed by atoms with E-state index in [0.29, 0.717) is 11.8 Å². The summed E-state index contributed by atoms with van der Waals surface area (Å²) in [6.45, 7) is 10.9. The molecule has 0 fully saturated rings. The van der Waals surface area contributed by atoms with Gasteiger partial charge in [-0.05, 0) is 39.0 Å². The molecule has 92 valence electrons. The average molecular weight is 232 g/mol. The maximum Gasteiger partial charge on any atom is 0.365 e.